The van der Waals surface area contributed by atoms with Gasteiger partial charge in [-0.3, -0.25) is 4.98 Å². The first kappa shape index (κ1) is 20.3. The zero-order valence-electron chi connectivity index (χ0n) is 18.7. The van der Waals surface area contributed by atoms with Gasteiger partial charge < -0.3 is 10.3 Å². The molecule has 0 bridgehead atoms. The highest BCUT2D eigenvalue weighted by Crippen LogP contribution is 2.29. The first-order chi connectivity index (χ1) is 16.7. The van der Waals surface area contributed by atoms with E-state index in [0.717, 1.165) is 46.4 Å². The van der Waals surface area contributed by atoms with Crippen LogP contribution in [0.2, 0.25) is 0 Å². The molecule has 0 fully saturated rings. The number of rotatable bonds is 6. The number of imidazole rings is 1. The molecule has 2 N–H and O–H groups in total. The Morgan fingerprint density at radius 3 is 2.71 bits per heavy atom. The number of nitrogens with zero attached hydrogens (tertiary/aromatic N) is 5. The smallest absolute Gasteiger partial charge is 0.155 e. The van der Waals surface area contributed by atoms with Crippen LogP contribution in [0.5, 0.6) is 0 Å². The SMILES string of the molecule is Cc1cccc(-c2nc(CNCc3cccc4ccccc34)[nH]c2-c2ccc3ncnn3c2)n1. The van der Waals surface area contributed by atoms with Crippen molar-refractivity contribution < 1.29 is 0 Å². The molecule has 4 aromatic heterocycles. The average molecular weight is 446 g/mol. The molecule has 0 spiro atoms. The van der Waals surface area contributed by atoms with Gasteiger partial charge in [-0.2, -0.15) is 5.10 Å². The van der Waals surface area contributed by atoms with E-state index in [9.17, 15) is 0 Å². The second-order valence-electron chi connectivity index (χ2n) is 8.29. The molecule has 6 rings (SSSR count). The van der Waals surface area contributed by atoms with Crippen molar-refractivity contribution in [2.24, 2.45) is 0 Å². The van der Waals surface area contributed by atoms with Crippen LogP contribution in [-0.4, -0.2) is 29.5 Å². The molecule has 0 saturated heterocycles. The van der Waals surface area contributed by atoms with Crippen LogP contribution in [0.3, 0.4) is 0 Å². The monoisotopic (exact) mass is 445 g/mol. The summed E-state index contributed by atoms with van der Waals surface area (Å²) in [4.78, 5) is 17.4. The molecule has 0 saturated carbocycles. The van der Waals surface area contributed by atoms with Crippen molar-refractivity contribution >= 4 is 16.4 Å². The normalized spacial score (nSPS) is 11.4. The van der Waals surface area contributed by atoms with Gasteiger partial charge in [0.1, 0.15) is 17.8 Å². The molecule has 7 heteroatoms. The molecule has 7 nitrogen and oxygen atoms in total. The van der Waals surface area contributed by atoms with E-state index in [1.165, 1.54) is 16.3 Å². The average Bonchev–Trinajstić information content (AvgIpc) is 3.51. The Morgan fingerprint density at radius 1 is 0.882 bits per heavy atom. The summed E-state index contributed by atoms with van der Waals surface area (Å²) in [6.07, 6.45) is 3.51. The van der Waals surface area contributed by atoms with E-state index in [2.05, 4.69) is 62.8 Å². The van der Waals surface area contributed by atoms with Gasteiger partial charge in [0.05, 0.1) is 17.9 Å². The van der Waals surface area contributed by atoms with Gasteiger partial charge in [-0.05, 0) is 47.5 Å². The second kappa shape index (κ2) is 8.53. The fraction of sp³-hybridized carbons (Fsp3) is 0.111. The zero-order chi connectivity index (χ0) is 22.9. The Bertz CT molecular complexity index is 1610. The minimum atomic E-state index is 0.605. The molecule has 166 valence electrons. The van der Waals surface area contributed by atoms with Crippen molar-refractivity contribution in [3.8, 4) is 22.6 Å². The summed E-state index contributed by atoms with van der Waals surface area (Å²) in [5.74, 6) is 0.854. The molecule has 0 aliphatic heterocycles. The maximum Gasteiger partial charge on any atom is 0.155 e. The largest absolute Gasteiger partial charge is 0.340 e. The van der Waals surface area contributed by atoms with Crippen LogP contribution in [0.4, 0.5) is 0 Å². The van der Waals surface area contributed by atoms with E-state index in [-0.39, 0.29) is 0 Å². The van der Waals surface area contributed by atoms with E-state index < -0.39 is 0 Å². The summed E-state index contributed by atoms with van der Waals surface area (Å²) in [5, 5.41) is 10.3. The third-order valence-corrected chi connectivity index (χ3v) is 5.93. The van der Waals surface area contributed by atoms with Crippen LogP contribution in [0.15, 0.2) is 85.3 Å². The molecule has 0 unspecified atom stereocenters. The fourth-order valence-corrected chi connectivity index (χ4v) is 4.30. The lowest BCUT2D eigenvalue weighted by Crippen LogP contribution is -2.14. The molecule has 34 heavy (non-hydrogen) atoms. The maximum absolute atomic E-state index is 4.93. The van der Waals surface area contributed by atoms with Crippen LogP contribution < -0.4 is 5.32 Å². The molecule has 0 aliphatic carbocycles. The summed E-state index contributed by atoms with van der Waals surface area (Å²) in [6.45, 7) is 3.35. The number of fused-ring (bicyclic) bond motifs is 2. The first-order valence-corrected chi connectivity index (χ1v) is 11.2. The molecule has 2 aromatic carbocycles. The summed E-state index contributed by atoms with van der Waals surface area (Å²) in [7, 11) is 0. The van der Waals surface area contributed by atoms with Crippen molar-refractivity contribution in [3.63, 3.8) is 0 Å². The second-order valence-corrected chi connectivity index (χ2v) is 8.29. The summed E-state index contributed by atoms with van der Waals surface area (Å²) in [6, 6.07) is 24.9. The zero-order valence-corrected chi connectivity index (χ0v) is 18.7. The quantitative estimate of drug-likeness (QED) is 0.380. The molecule has 0 aliphatic rings. The summed E-state index contributed by atoms with van der Waals surface area (Å²) < 4.78 is 1.77. The number of aryl methyl sites for hydroxylation is 1. The van der Waals surface area contributed by atoms with E-state index >= 15 is 0 Å². The van der Waals surface area contributed by atoms with Crippen molar-refractivity contribution in [3.05, 3.63) is 102 Å². The molecule has 0 amide bonds. The number of aromatic nitrogens is 6. The van der Waals surface area contributed by atoms with Gasteiger partial charge in [0, 0.05) is 24.0 Å². The number of nitrogens with one attached hydrogen (secondary N) is 2. The Labute approximate surface area is 196 Å². The standard InChI is InChI=1S/C27H23N7/c1-18-6-4-11-23(31-18)27-26(21-12-13-25-29-17-30-34(25)16-21)32-24(33-27)15-28-14-20-9-5-8-19-7-2-3-10-22(19)20/h2-13,16-17,28H,14-15H2,1H3,(H,32,33). The van der Waals surface area contributed by atoms with Crippen molar-refractivity contribution in [2.75, 3.05) is 0 Å². The number of pyridine rings is 2. The predicted molar refractivity (Wildman–Crippen MR) is 133 cm³/mol. The van der Waals surface area contributed by atoms with E-state index in [1.54, 1.807) is 10.8 Å². The lowest BCUT2D eigenvalue weighted by Gasteiger charge is -2.07. The third-order valence-electron chi connectivity index (χ3n) is 5.93. The van der Waals surface area contributed by atoms with Crippen molar-refractivity contribution in [1.82, 2.24) is 34.9 Å². The number of hydrogen-bond donors (Lipinski definition) is 2. The van der Waals surface area contributed by atoms with Crippen LogP contribution in [-0.2, 0) is 13.1 Å². The lowest BCUT2D eigenvalue weighted by molar-refractivity contribution is 0.672. The Balaban J connectivity index is 1.32. The Morgan fingerprint density at radius 2 is 1.76 bits per heavy atom. The van der Waals surface area contributed by atoms with E-state index in [0.29, 0.717) is 6.54 Å². The molecular weight excluding hydrogens is 422 g/mol. The van der Waals surface area contributed by atoms with E-state index in [1.807, 2.05) is 43.5 Å². The van der Waals surface area contributed by atoms with Crippen molar-refractivity contribution in [1.29, 1.82) is 0 Å². The Kier molecular flexibility index (Phi) is 5.08. The van der Waals surface area contributed by atoms with Crippen LogP contribution in [0.1, 0.15) is 17.1 Å². The number of benzene rings is 2. The van der Waals surface area contributed by atoms with Crippen LogP contribution in [0, 0.1) is 6.92 Å². The van der Waals surface area contributed by atoms with Gasteiger partial charge in [0.15, 0.2) is 5.65 Å². The summed E-state index contributed by atoms with van der Waals surface area (Å²) in [5.41, 5.74) is 6.57. The van der Waals surface area contributed by atoms with Gasteiger partial charge in [-0.1, -0.05) is 48.5 Å². The molecule has 6 aromatic rings. The third kappa shape index (κ3) is 3.82. The van der Waals surface area contributed by atoms with Gasteiger partial charge >= 0.3 is 0 Å². The topological polar surface area (TPSA) is 83.8 Å². The van der Waals surface area contributed by atoms with E-state index in [4.69, 9.17) is 9.97 Å². The number of H-pyrrole nitrogens is 1. The number of hydrogen-bond acceptors (Lipinski definition) is 5. The predicted octanol–water partition coefficient (Wildman–Crippen LogP) is 4.93. The molecule has 4 heterocycles. The molecule has 0 atom stereocenters. The van der Waals surface area contributed by atoms with Crippen molar-refractivity contribution in [2.45, 2.75) is 20.0 Å². The minimum Gasteiger partial charge on any atom is -0.340 e. The molecular formula is C27H23N7. The van der Waals surface area contributed by atoms with Crippen LogP contribution >= 0.6 is 0 Å². The fourth-order valence-electron chi connectivity index (χ4n) is 4.30. The first-order valence-electron chi connectivity index (χ1n) is 11.2. The highest BCUT2D eigenvalue weighted by atomic mass is 15.3. The maximum atomic E-state index is 4.93. The number of aromatic amines is 1. The highest BCUT2D eigenvalue weighted by Gasteiger charge is 2.16. The minimum absolute atomic E-state index is 0.605. The summed E-state index contributed by atoms with van der Waals surface area (Å²) >= 11 is 0. The lowest BCUT2D eigenvalue weighted by atomic mass is 10.0. The molecule has 0 radical (unpaired) electrons. The van der Waals surface area contributed by atoms with Gasteiger partial charge in [-0.15, -0.1) is 0 Å². The van der Waals surface area contributed by atoms with Gasteiger partial charge in [0.2, 0.25) is 0 Å². The van der Waals surface area contributed by atoms with Gasteiger partial charge in [-0.25, -0.2) is 14.5 Å². The highest BCUT2D eigenvalue weighted by molar-refractivity contribution is 5.85. The Hall–Kier alpha value is -4.36. The van der Waals surface area contributed by atoms with Crippen LogP contribution in [0.25, 0.3) is 39.1 Å². The van der Waals surface area contributed by atoms with Gasteiger partial charge in [0.25, 0.3) is 0 Å².